The van der Waals surface area contributed by atoms with Gasteiger partial charge in [-0.15, -0.1) is 0 Å². The molecule has 4 aromatic rings. The van der Waals surface area contributed by atoms with Crippen LogP contribution in [0.25, 0.3) is 17.0 Å². The van der Waals surface area contributed by atoms with Crippen LogP contribution < -0.4 is 5.32 Å². The molecule has 1 saturated carbocycles. The van der Waals surface area contributed by atoms with Crippen LogP contribution in [-0.4, -0.2) is 55.6 Å². The molecule has 37 heavy (non-hydrogen) atoms. The van der Waals surface area contributed by atoms with E-state index in [0.29, 0.717) is 28.9 Å². The van der Waals surface area contributed by atoms with Gasteiger partial charge in [0.15, 0.2) is 6.10 Å². The largest absolute Gasteiger partial charge is 0.416 e. The Bertz CT molecular complexity index is 1450. The minimum absolute atomic E-state index is 0.172. The minimum atomic E-state index is -4.75. The summed E-state index contributed by atoms with van der Waals surface area (Å²) < 4.78 is 62.1. The number of carbonyl (C=O) groups excluding carboxylic acids is 1. The molecule has 9 nitrogen and oxygen atoms in total. The van der Waals surface area contributed by atoms with Crippen molar-refractivity contribution in [3.63, 3.8) is 0 Å². The highest BCUT2D eigenvalue weighted by Crippen LogP contribution is 2.43. The Hall–Kier alpha value is -3.84. The standard InChI is InChI=1S/C24H21F4N5O4/c1-12-2-3-14(21-31-23(37-32-21)15-8-16(15)25)7-17(12)30-22(35)18-9-29-20-6-13(4-5-33(18)20)10-36-11-19(34)24(26,27)28/h2-7,9,15-16,19,34H,8,10-11H2,1H3,(H,30,35)/t15-,16-,19?/m0/s1. The number of fused-ring (bicyclic) bond motifs is 1. The number of nitrogens with zero attached hydrogens (tertiary/aromatic N) is 4. The first-order valence-corrected chi connectivity index (χ1v) is 11.3. The lowest BCUT2D eigenvalue weighted by Gasteiger charge is -2.14. The van der Waals surface area contributed by atoms with Crippen LogP contribution >= 0.6 is 0 Å². The number of hydrogen-bond donors (Lipinski definition) is 2. The van der Waals surface area contributed by atoms with E-state index in [9.17, 15) is 22.4 Å². The lowest BCUT2D eigenvalue weighted by molar-refractivity contribution is -0.218. The number of aromatic nitrogens is 4. The molecule has 194 valence electrons. The molecule has 0 radical (unpaired) electrons. The average molecular weight is 519 g/mol. The van der Waals surface area contributed by atoms with Gasteiger partial charge in [0.05, 0.1) is 25.3 Å². The normalized spacial score (nSPS) is 18.2. The Labute approximate surface area is 207 Å². The van der Waals surface area contributed by atoms with Gasteiger partial charge >= 0.3 is 6.18 Å². The molecule has 5 rings (SSSR count). The molecular weight excluding hydrogens is 498 g/mol. The lowest BCUT2D eigenvalue weighted by atomic mass is 10.1. The molecule has 2 N–H and O–H groups in total. The summed E-state index contributed by atoms with van der Waals surface area (Å²) in [5.74, 6) is -0.269. The van der Waals surface area contributed by atoms with Gasteiger partial charge in [-0.3, -0.25) is 9.20 Å². The van der Waals surface area contributed by atoms with Crippen LogP contribution in [0.4, 0.5) is 23.2 Å². The van der Waals surface area contributed by atoms with Gasteiger partial charge in [-0.1, -0.05) is 17.3 Å². The van der Waals surface area contributed by atoms with Gasteiger partial charge in [0.2, 0.25) is 11.7 Å². The zero-order valence-electron chi connectivity index (χ0n) is 19.4. The number of carbonyl (C=O) groups is 1. The highest BCUT2D eigenvalue weighted by molar-refractivity contribution is 6.04. The first kappa shape index (κ1) is 24.8. The van der Waals surface area contributed by atoms with Crippen molar-refractivity contribution in [3.8, 4) is 11.4 Å². The van der Waals surface area contributed by atoms with Crippen LogP contribution in [0.2, 0.25) is 0 Å². The number of hydrogen-bond acceptors (Lipinski definition) is 7. The van der Waals surface area contributed by atoms with Crippen molar-refractivity contribution in [2.45, 2.75) is 44.3 Å². The van der Waals surface area contributed by atoms with Crippen molar-refractivity contribution in [1.29, 1.82) is 0 Å². The number of anilines is 1. The van der Waals surface area contributed by atoms with E-state index < -0.39 is 31.0 Å². The van der Waals surface area contributed by atoms with E-state index >= 15 is 0 Å². The van der Waals surface area contributed by atoms with Crippen LogP contribution in [-0.2, 0) is 11.3 Å². The molecule has 0 aliphatic heterocycles. The second kappa shape index (κ2) is 9.56. The maximum atomic E-state index is 13.3. The van der Waals surface area contributed by atoms with E-state index in [4.69, 9.17) is 14.4 Å². The number of ether oxygens (including phenoxy) is 1. The van der Waals surface area contributed by atoms with E-state index in [2.05, 4.69) is 20.4 Å². The molecule has 1 fully saturated rings. The average Bonchev–Trinajstić information content (AvgIpc) is 3.23. The zero-order chi connectivity index (χ0) is 26.3. The number of halogens is 4. The molecule has 13 heteroatoms. The highest BCUT2D eigenvalue weighted by Gasteiger charge is 2.43. The number of nitrogens with one attached hydrogen (secondary N) is 1. The first-order valence-electron chi connectivity index (χ1n) is 11.3. The monoisotopic (exact) mass is 519 g/mol. The zero-order valence-corrected chi connectivity index (χ0v) is 19.4. The van der Waals surface area contributed by atoms with Gasteiger partial charge in [-0.25, -0.2) is 9.37 Å². The number of amides is 1. The summed E-state index contributed by atoms with van der Waals surface area (Å²) in [5, 5.41) is 15.8. The molecular formula is C24H21F4N5O4. The molecule has 1 aliphatic carbocycles. The fourth-order valence-electron chi connectivity index (χ4n) is 3.67. The fourth-order valence-corrected chi connectivity index (χ4v) is 3.67. The second-order valence-electron chi connectivity index (χ2n) is 8.78. The predicted octanol–water partition coefficient (Wildman–Crippen LogP) is 4.21. The molecule has 1 amide bonds. The molecule has 3 aromatic heterocycles. The fraction of sp³-hybridized carbons (Fsp3) is 0.333. The summed E-state index contributed by atoms with van der Waals surface area (Å²) in [4.78, 5) is 21.5. The minimum Gasteiger partial charge on any atom is -0.382 e. The van der Waals surface area contributed by atoms with Crippen molar-refractivity contribution in [1.82, 2.24) is 19.5 Å². The Morgan fingerprint density at radius 3 is 2.84 bits per heavy atom. The van der Waals surface area contributed by atoms with Crippen molar-refractivity contribution in [3.05, 3.63) is 65.4 Å². The molecule has 3 heterocycles. The van der Waals surface area contributed by atoms with E-state index in [0.717, 1.165) is 5.56 Å². The lowest BCUT2D eigenvalue weighted by Crippen LogP contribution is -2.32. The summed E-state index contributed by atoms with van der Waals surface area (Å²) in [5.41, 5.74) is 3.01. The topological polar surface area (TPSA) is 115 Å². The smallest absolute Gasteiger partial charge is 0.382 e. The number of aliphatic hydroxyl groups excluding tert-OH is 1. The predicted molar refractivity (Wildman–Crippen MR) is 122 cm³/mol. The number of aliphatic hydroxyl groups is 1. The molecule has 1 aromatic carbocycles. The van der Waals surface area contributed by atoms with Gasteiger partial charge in [0.1, 0.15) is 17.5 Å². The second-order valence-corrected chi connectivity index (χ2v) is 8.78. The third kappa shape index (κ3) is 5.32. The van der Waals surface area contributed by atoms with Crippen LogP contribution in [0.5, 0.6) is 0 Å². The number of alkyl halides is 4. The third-order valence-corrected chi connectivity index (χ3v) is 5.95. The maximum Gasteiger partial charge on any atom is 0.416 e. The quantitative estimate of drug-likeness (QED) is 0.335. The number of aryl methyl sites for hydroxylation is 1. The van der Waals surface area contributed by atoms with Crippen LogP contribution in [0.15, 0.2) is 47.2 Å². The van der Waals surface area contributed by atoms with Gasteiger partial charge in [-0.05, 0) is 42.7 Å². The molecule has 1 aliphatic rings. The van der Waals surface area contributed by atoms with Crippen molar-refractivity contribution < 1.29 is 36.7 Å². The molecule has 0 spiro atoms. The van der Waals surface area contributed by atoms with Crippen LogP contribution in [0.3, 0.4) is 0 Å². The number of imidazole rings is 1. The Kier molecular flexibility index (Phi) is 6.42. The van der Waals surface area contributed by atoms with Gasteiger partial charge < -0.3 is 19.7 Å². The number of benzene rings is 1. The molecule has 1 unspecified atom stereocenters. The van der Waals surface area contributed by atoms with E-state index in [1.54, 1.807) is 36.5 Å². The number of pyridine rings is 1. The van der Waals surface area contributed by atoms with Gasteiger partial charge in [0, 0.05) is 17.4 Å². The van der Waals surface area contributed by atoms with E-state index in [1.807, 2.05) is 6.92 Å². The number of rotatable bonds is 8. The Morgan fingerprint density at radius 2 is 2.11 bits per heavy atom. The maximum absolute atomic E-state index is 13.3. The summed E-state index contributed by atoms with van der Waals surface area (Å²) in [6.45, 7) is 0.751. The summed E-state index contributed by atoms with van der Waals surface area (Å²) in [6, 6.07) is 8.39. The molecule has 3 atom stereocenters. The van der Waals surface area contributed by atoms with Crippen LogP contribution in [0.1, 0.15) is 39.8 Å². The van der Waals surface area contributed by atoms with Crippen molar-refractivity contribution in [2.75, 3.05) is 11.9 Å². The van der Waals surface area contributed by atoms with Gasteiger partial charge in [0.25, 0.3) is 5.91 Å². The van der Waals surface area contributed by atoms with Crippen molar-refractivity contribution in [2.24, 2.45) is 0 Å². The Balaban J connectivity index is 1.28. The van der Waals surface area contributed by atoms with E-state index in [1.165, 1.54) is 10.6 Å². The molecule has 0 saturated heterocycles. The summed E-state index contributed by atoms with van der Waals surface area (Å²) >= 11 is 0. The summed E-state index contributed by atoms with van der Waals surface area (Å²) in [7, 11) is 0. The third-order valence-electron chi connectivity index (χ3n) is 5.95. The summed E-state index contributed by atoms with van der Waals surface area (Å²) in [6.07, 6.45) is -4.99. The highest BCUT2D eigenvalue weighted by atomic mass is 19.4. The van der Waals surface area contributed by atoms with E-state index in [-0.39, 0.29) is 29.9 Å². The van der Waals surface area contributed by atoms with Gasteiger partial charge in [-0.2, -0.15) is 18.2 Å². The molecule has 0 bridgehead atoms. The first-order chi connectivity index (χ1) is 17.6. The van der Waals surface area contributed by atoms with Crippen LogP contribution in [0, 0.1) is 6.92 Å². The van der Waals surface area contributed by atoms with Crippen molar-refractivity contribution >= 4 is 17.2 Å². The Morgan fingerprint density at radius 1 is 1.32 bits per heavy atom. The SMILES string of the molecule is Cc1ccc(-c2noc([C@H]3C[C@@H]3F)n2)cc1NC(=O)c1cnc2cc(COCC(O)C(F)(F)F)ccn12.